The van der Waals surface area contributed by atoms with Crippen molar-refractivity contribution in [2.24, 2.45) is 5.92 Å². The van der Waals surface area contributed by atoms with Crippen molar-refractivity contribution in [2.45, 2.75) is 13.0 Å². The Morgan fingerprint density at radius 2 is 1.02 bits per heavy atom. The van der Waals surface area contributed by atoms with Gasteiger partial charge in [0.2, 0.25) is 0 Å². The number of rotatable bonds is 8. The van der Waals surface area contributed by atoms with Crippen LogP contribution < -0.4 is 4.90 Å². The third-order valence-corrected chi connectivity index (χ3v) is 12.1. The minimum atomic E-state index is 0.151. The minimum absolute atomic E-state index is 0.151. The average molecular weight is 771 g/mol. The highest BCUT2D eigenvalue weighted by Gasteiger charge is 2.26. The number of fused-ring (bicyclic) bond motifs is 4. The van der Waals surface area contributed by atoms with Crippen molar-refractivity contribution in [1.82, 2.24) is 4.57 Å². The van der Waals surface area contributed by atoms with Crippen LogP contribution in [0, 0.1) is 5.92 Å². The van der Waals surface area contributed by atoms with Crippen molar-refractivity contribution < 1.29 is 4.42 Å². The van der Waals surface area contributed by atoms with Crippen molar-refractivity contribution in [3.05, 3.63) is 230 Å². The molecule has 2 unspecified atom stereocenters. The molecular weight excluding hydrogens is 729 g/mol. The van der Waals surface area contributed by atoms with Crippen molar-refractivity contribution in [2.75, 3.05) is 4.90 Å². The maximum atomic E-state index is 6.08. The second kappa shape index (κ2) is 15.0. The lowest BCUT2D eigenvalue weighted by atomic mass is 9.88. The van der Waals surface area contributed by atoms with Crippen LogP contribution in [0.1, 0.15) is 12.5 Å². The van der Waals surface area contributed by atoms with Gasteiger partial charge in [-0.25, -0.2) is 0 Å². The molecule has 0 saturated carbocycles. The van der Waals surface area contributed by atoms with Crippen molar-refractivity contribution >= 4 is 49.8 Å². The zero-order chi connectivity index (χ0) is 40.0. The summed E-state index contributed by atoms with van der Waals surface area (Å²) < 4.78 is 8.35. The lowest BCUT2D eigenvalue weighted by Gasteiger charge is -2.37. The summed E-state index contributed by atoms with van der Waals surface area (Å²) in [7, 11) is 0. The molecule has 2 heterocycles. The molecule has 0 N–H and O–H groups in total. The Kier molecular flexibility index (Phi) is 8.86. The molecule has 0 amide bonds. The van der Waals surface area contributed by atoms with Crippen LogP contribution in [-0.4, -0.2) is 10.6 Å². The number of hydrogen-bond acceptors (Lipinski definition) is 2. The highest BCUT2D eigenvalue weighted by molar-refractivity contribution is 6.06. The Morgan fingerprint density at radius 3 is 1.70 bits per heavy atom. The third-order valence-electron chi connectivity index (χ3n) is 12.1. The van der Waals surface area contributed by atoms with E-state index in [1.807, 2.05) is 12.1 Å². The number of hydrogen-bond donors (Lipinski definition) is 0. The second-order valence-corrected chi connectivity index (χ2v) is 15.8. The zero-order valence-corrected chi connectivity index (χ0v) is 33.3. The normalized spacial score (nSPS) is 15.1. The number of nitrogens with zero attached hydrogens (tertiary/aromatic N) is 2. The molecule has 60 heavy (non-hydrogen) atoms. The van der Waals surface area contributed by atoms with Gasteiger partial charge in [-0.1, -0.05) is 153 Å². The van der Waals surface area contributed by atoms with E-state index in [4.69, 9.17) is 4.42 Å². The van der Waals surface area contributed by atoms with E-state index in [0.29, 0.717) is 0 Å². The van der Waals surface area contributed by atoms with Gasteiger partial charge in [-0.2, -0.15) is 0 Å². The molecule has 10 aromatic rings. The van der Waals surface area contributed by atoms with E-state index >= 15 is 0 Å². The predicted octanol–water partition coefficient (Wildman–Crippen LogP) is 15.3. The van der Waals surface area contributed by atoms with Gasteiger partial charge >= 0.3 is 0 Å². The van der Waals surface area contributed by atoms with Gasteiger partial charge in [-0.05, 0) is 123 Å². The smallest absolute Gasteiger partial charge is 0.135 e. The predicted molar refractivity (Wildman–Crippen MR) is 252 cm³/mol. The van der Waals surface area contributed by atoms with Gasteiger partial charge in [0.1, 0.15) is 11.2 Å². The highest BCUT2D eigenvalue weighted by atomic mass is 16.3. The van der Waals surface area contributed by atoms with Gasteiger partial charge in [0, 0.05) is 39.4 Å². The SMILES string of the molecule is CC1C=C(c2ccccc2)C=CC1N(c1ccc(-c2ccccc2)cc1)c1ccc(-c2ccc(-n3ccc4cc(-c5ccc6oc7ccccc7c6c5)ccc43)cc2)cc1. The molecule has 0 fully saturated rings. The van der Waals surface area contributed by atoms with Crippen LogP contribution in [0.5, 0.6) is 0 Å². The Balaban J connectivity index is 0.864. The van der Waals surface area contributed by atoms with Gasteiger partial charge in [-0.15, -0.1) is 0 Å². The lowest BCUT2D eigenvalue weighted by molar-refractivity contribution is 0.611. The van der Waals surface area contributed by atoms with E-state index in [2.05, 4.69) is 229 Å². The van der Waals surface area contributed by atoms with Crippen molar-refractivity contribution in [1.29, 1.82) is 0 Å². The molecule has 0 radical (unpaired) electrons. The zero-order valence-electron chi connectivity index (χ0n) is 33.3. The molecular formula is C57H42N2O. The maximum absolute atomic E-state index is 6.08. The van der Waals surface area contributed by atoms with E-state index in [0.717, 1.165) is 33.3 Å². The van der Waals surface area contributed by atoms with Crippen LogP contribution in [-0.2, 0) is 0 Å². The van der Waals surface area contributed by atoms with Gasteiger partial charge in [0.25, 0.3) is 0 Å². The maximum Gasteiger partial charge on any atom is 0.135 e. The average Bonchev–Trinajstić information content (AvgIpc) is 3.92. The Hall–Kier alpha value is -7.62. The fourth-order valence-corrected chi connectivity index (χ4v) is 8.98. The van der Waals surface area contributed by atoms with Crippen molar-refractivity contribution in [3.63, 3.8) is 0 Å². The van der Waals surface area contributed by atoms with Crippen LogP contribution in [0.3, 0.4) is 0 Å². The van der Waals surface area contributed by atoms with E-state index in [-0.39, 0.29) is 12.0 Å². The number of aromatic nitrogens is 1. The van der Waals surface area contributed by atoms with Crippen LogP contribution in [0.2, 0.25) is 0 Å². The highest BCUT2D eigenvalue weighted by Crippen LogP contribution is 2.38. The topological polar surface area (TPSA) is 21.3 Å². The molecule has 2 atom stereocenters. The summed E-state index contributed by atoms with van der Waals surface area (Å²) in [6, 6.07) is 72.1. The number of anilines is 2. The minimum Gasteiger partial charge on any atom is -0.456 e. The summed E-state index contributed by atoms with van der Waals surface area (Å²) in [6.07, 6.45) is 9.25. The third kappa shape index (κ3) is 6.51. The first kappa shape index (κ1) is 35.5. The molecule has 0 spiro atoms. The Morgan fingerprint density at radius 1 is 0.467 bits per heavy atom. The molecule has 11 rings (SSSR count). The van der Waals surface area contributed by atoms with Crippen LogP contribution in [0.15, 0.2) is 229 Å². The largest absolute Gasteiger partial charge is 0.456 e. The standard InChI is InChI=1S/C57H42N2O/c1-39-36-45(41-12-6-3-7-13-41)22-31-54(39)59(50-27-18-42(19-28-50)40-10-4-2-5-11-40)51-29-20-44(21-30-51)43-16-25-49(26-17-43)58-35-34-48-37-46(23-32-55(48)58)47-24-33-57-53(38-47)52-14-8-9-15-56(52)60-57/h2-39,54H,1H3. The summed E-state index contributed by atoms with van der Waals surface area (Å²) in [4.78, 5) is 2.49. The van der Waals surface area contributed by atoms with E-state index < -0.39 is 0 Å². The summed E-state index contributed by atoms with van der Waals surface area (Å²) in [5.41, 5.74) is 16.2. The number of benzene rings is 8. The molecule has 8 aromatic carbocycles. The van der Waals surface area contributed by atoms with Crippen LogP contribution in [0.4, 0.5) is 11.4 Å². The summed E-state index contributed by atoms with van der Waals surface area (Å²) in [5, 5.41) is 3.50. The molecule has 2 aromatic heterocycles. The first-order valence-corrected chi connectivity index (χ1v) is 20.8. The molecule has 286 valence electrons. The van der Waals surface area contributed by atoms with Crippen LogP contribution >= 0.6 is 0 Å². The first-order chi connectivity index (χ1) is 29.6. The van der Waals surface area contributed by atoms with Crippen LogP contribution in [0.25, 0.3) is 77.5 Å². The lowest BCUT2D eigenvalue weighted by Crippen LogP contribution is -2.35. The van der Waals surface area contributed by atoms with Gasteiger partial charge in [0.05, 0.1) is 11.6 Å². The second-order valence-electron chi connectivity index (χ2n) is 15.8. The van der Waals surface area contributed by atoms with E-state index in [9.17, 15) is 0 Å². The van der Waals surface area contributed by atoms with E-state index in [1.165, 1.54) is 61.1 Å². The molecule has 0 aliphatic heterocycles. The Bertz CT molecular complexity index is 3190. The number of para-hydroxylation sites is 1. The molecule has 1 aliphatic carbocycles. The van der Waals surface area contributed by atoms with Gasteiger partial charge in [-0.3, -0.25) is 0 Å². The first-order valence-electron chi connectivity index (χ1n) is 20.8. The summed E-state index contributed by atoms with van der Waals surface area (Å²) in [5.74, 6) is 0.287. The summed E-state index contributed by atoms with van der Waals surface area (Å²) >= 11 is 0. The molecule has 3 nitrogen and oxygen atoms in total. The summed E-state index contributed by atoms with van der Waals surface area (Å²) in [6.45, 7) is 2.33. The Labute approximate surface area is 350 Å². The van der Waals surface area contributed by atoms with Crippen molar-refractivity contribution in [3.8, 4) is 39.1 Å². The molecule has 0 bridgehead atoms. The fourth-order valence-electron chi connectivity index (χ4n) is 8.98. The quantitative estimate of drug-likeness (QED) is 0.153. The molecule has 3 heteroatoms. The number of allylic oxidation sites excluding steroid dienone is 2. The van der Waals surface area contributed by atoms with E-state index in [1.54, 1.807) is 0 Å². The fraction of sp³-hybridized carbons (Fsp3) is 0.0526. The molecule has 0 saturated heterocycles. The number of furan rings is 1. The van der Waals surface area contributed by atoms with Gasteiger partial charge in [0.15, 0.2) is 0 Å². The van der Waals surface area contributed by atoms with Gasteiger partial charge < -0.3 is 13.9 Å². The monoisotopic (exact) mass is 770 g/mol. The molecule has 1 aliphatic rings.